The van der Waals surface area contributed by atoms with Gasteiger partial charge in [0, 0.05) is 23.6 Å². The summed E-state index contributed by atoms with van der Waals surface area (Å²) in [7, 11) is -2.29. The molecule has 2 aromatic rings. The third kappa shape index (κ3) is 5.27. The Bertz CT molecular complexity index is 1070. The number of carbonyl (C=O) groups is 1. The maximum Gasteiger partial charge on any atom is 0.248 e. The van der Waals surface area contributed by atoms with Crippen molar-refractivity contribution in [3.8, 4) is 5.75 Å². The van der Waals surface area contributed by atoms with E-state index in [0.29, 0.717) is 23.1 Å². The first-order valence-electron chi connectivity index (χ1n) is 9.43. The number of piperidine rings is 1. The van der Waals surface area contributed by atoms with E-state index in [9.17, 15) is 17.6 Å². The first-order valence-corrected chi connectivity index (χ1v) is 11.7. The van der Waals surface area contributed by atoms with E-state index >= 15 is 0 Å². The van der Waals surface area contributed by atoms with Gasteiger partial charge in [0.15, 0.2) is 0 Å². The van der Waals surface area contributed by atoms with Crippen molar-refractivity contribution in [3.05, 3.63) is 58.3 Å². The van der Waals surface area contributed by atoms with Crippen LogP contribution in [-0.2, 0) is 14.8 Å². The minimum Gasteiger partial charge on any atom is -0.495 e. The number of halogens is 2. The molecule has 160 valence electrons. The van der Waals surface area contributed by atoms with Crippen LogP contribution < -0.4 is 10.1 Å². The van der Waals surface area contributed by atoms with Crippen molar-refractivity contribution < 1.29 is 22.3 Å². The van der Waals surface area contributed by atoms with Crippen molar-refractivity contribution in [2.24, 2.45) is 0 Å². The highest BCUT2D eigenvalue weighted by Gasteiger charge is 2.29. The second kappa shape index (κ2) is 9.72. The molecule has 0 bridgehead atoms. The number of carbonyl (C=O) groups excluding carboxylic acids is 1. The molecule has 1 saturated heterocycles. The van der Waals surface area contributed by atoms with E-state index in [4.69, 9.17) is 4.74 Å². The molecule has 6 nitrogen and oxygen atoms in total. The monoisotopic (exact) mass is 496 g/mol. The van der Waals surface area contributed by atoms with Crippen LogP contribution in [0.2, 0.25) is 0 Å². The number of hydrogen-bond acceptors (Lipinski definition) is 4. The number of amides is 1. The molecule has 1 N–H and O–H groups in total. The zero-order valence-corrected chi connectivity index (χ0v) is 18.8. The van der Waals surface area contributed by atoms with Crippen LogP contribution in [0.1, 0.15) is 24.8 Å². The number of rotatable bonds is 6. The van der Waals surface area contributed by atoms with E-state index in [2.05, 4.69) is 21.2 Å². The zero-order chi connectivity index (χ0) is 21.7. The summed E-state index contributed by atoms with van der Waals surface area (Å²) in [6.45, 7) is 0.958. The smallest absolute Gasteiger partial charge is 0.248 e. The van der Waals surface area contributed by atoms with E-state index in [1.165, 1.54) is 41.8 Å². The molecule has 1 aliphatic rings. The highest BCUT2D eigenvalue weighted by atomic mass is 79.9. The minimum atomic E-state index is -3.70. The molecule has 1 heterocycles. The van der Waals surface area contributed by atoms with Crippen molar-refractivity contribution in [1.82, 2.24) is 4.31 Å². The predicted molar refractivity (Wildman–Crippen MR) is 117 cm³/mol. The first kappa shape index (κ1) is 22.5. The summed E-state index contributed by atoms with van der Waals surface area (Å²) in [4.78, 5) is 12.2. The molecule has 0 aromatic heterocycles. The Balaban J connectivity index is 1.81. The van der Waals surface area contributed by atoms with Gasteiger partial charge < -0.3 is 10.1 Å². The van der Waals surface area contributed by atoms with Crippen molar-refractivity contribution in [2.75, 3.05) is 25.5 Å². The lowest BCUT2D eigenvalue weighted by molar-refractivity contribution is -0.111. The topological polar surface area (TPSA) is 75.7 Å². The summed E-state index contributed by atoms with van der Waals surface area (Å²) in [5, 5.41) is 2.45. The van der Waals surface area contributed by atoms with Crippen LogP contribution in [0, 0.1) is 5.82 Å². The van der Waals surface area contributed by atoms with Gasteiger partial charge in [-0.25, -0.2) is 12.8 Å². The van der Waals surface area contributed by atoms with Crippen LogP contribution in [0.25, 0.3) is 6.08 Å². The molecule has 9 heteroatoms. The minimum absolute atomic E-state index is 0.0518. The fourth-order valence-corrected chi connectivity index (χ4v) is 5.22. The number of ether oxygens (including phenoxy) is 1. The summed E-state index contributed by atoms with van der Waals surface area (Å²) in [6, 6.07) is 9.00. The van der Waals surface area contributed by atoms with E-state index in [1.54, 1.807) is 18.2 Å². The molecule has 0 unspecified atom stereocenters. The summed E-state index contributed by atoms with van der Waals surface area (Å²) < 4.78 is 47.3. The Labute approximate surface area is 183 Å². The van der Waals surface area contributed by atoms with Crippen molar-refractivity contribution >= 4 is 43.6 Å². The number of methoxy groups -OCH3 is 1. The second-order valence-corrected chi connectivity index (χ2v) is 9.64. The summed E-state index contributed by atoms with van der Waals surface area (Å²) in [6.07, 6.45) is 5.36. The third-order valence-corrected chi connectivity index (χ3v) is 7.15. The van der Waals surface area contributed by atoms with Crippen LogP contribution in [0.3, 0.4) is 0 Å². The van der Waals surface area contributed by atoms with E-state index < -0.39 is 21.7 Å². The maximum atomic E-state index is 13.9. The van der Waals surface area contributed by atoms with Gasteiger partial charge >= 0.3 is 0 Å². The van der Waals surface area contributed by atoms with Gasteiger partial charge in [0.25, 0.3) is 0 Å². The quantitative estimate of drug-likeness (QED) is 0.600. The van der Waals surface area contributed by atoms with E-state index in [1.807, 2.05) is 0 Å². The van der Waals surface area contributed by atoms with Crippen LogP contribution >= 0.6 is 15.9 Å². The van der Waals surface area contributed by atoms with Gasteiger partial charge in [0.1, 0.15) is 16.5 Å². The standard InChI is InChI=1S/C21H22BrFN2O4S/c1-29-19-9-5-15(13-20(19)30(27,28)25-11-3-2-4-12-25)6-10-21(26)24-18-8-7-16(22)14-17(18)23/h5-10,13-14H,2-4,11-12H2,1H3,(H,24,26)/b10-6+. The molecule has 0 saturated carbocycles. The lowest BCUT2D eigenvalue weighted by Gasteiger charge is -2.26. The molecule has 0 radical (unpaired) electrons. The van der Waals surface area contributed by atoms with E-state index in [-0.39, 0.29) is 16.3 Å². The average molecular weight is 497 g/mol. The van der Waals surface area contributed by atoms with Gasteiger partial charge in [-0.3, -0.25) is 4.79 Å². The Morgan fingerprint density at radius 2 is 1.90 bits per heavy atom. The maximum absolute atomic E-state index is 13.9. The Hall–Kier alpha value is -2.23. The number of nitrogens with one attached hydrogen (secondary N) is 1. The molecule has 1 amide bonds. The number of nitrogens with zero attached hydrogens (tertiary/aromatic N) is 1. The fraction of sp³-hybridized carbons (Fsp3) is 0.286. The predicted octanol–water partition coefficient (Wildman–Crippen LogP) is 4.42. The Morgan fingerprint density at radius 1 is 1.17 bits per heavy atom. The Morgan fingerprint density at radius 3 is 2.57 bits per heavy atom. The van der Waals surface area contributed by atoms with Gasteiger partial charge in [-0.05, 0) is 54.8 Å². The molecule has 0 atom stereocenters. The normalized spacial score (nSPS) is 15.3. The molecule has 3 rings (SSSR count). The number of hydrogen-bond donors (Lipinski definition) is 1. The van der Waals surface area contributed by atoms with Crippen LogP contribution in [0.4, 0.5) is 10.1 Å². The molecule has 2 aromatic carbocycles. The Kier molecular flexibility index (Phi) is 7.27. The van der Waals surface area contributed by atoms with Gasteiger partial charge in [0.05, 0.1) is 12.8 Å². The molecular weight excluding hydrogens is 475 g/mol. The van der Waals surface area contributed by atoms with Crippen LogP contribution in [0.5, 0.6) is 5.75 Å². The number of sulfonamides is 1. The van der Waals surface area contributed by atoms with Crippen LogP contribution in [0.15, 0.2) is 51.8 Å². The van der Waals surface area contributed by atoms with Gasteiger partial charge in [-0.1, -0.05) is 28.4 Å². The third-order valence-electron chi connectivity index (χ3n) is 4.74. The second-order valence-electron chi connectivity index (χ2n) is 6.82. The summed E-state index contributed by atoms with van der Waals surface area (Å²) in [5.41, 5.74) is 0.564. The molecule has 0 aliphatic carbocycles. The lowest BCUT2D eigenvalue weighted by Crippen LogP contribution is -2.35. The van der Waals surface area contributed by atoms with Crippen molar-refractivity contribution in [1.29, 1.82) is 0 Å². The first-order chi connectivity index (χ1) is 14.3. The molecule has 0 spiro atoms. The number of anilines is 1. The largest absolute Gasteiger partial charge is 0.495 e. The fourth-order valence-electron chi connectivity index (χ4n) is 3.18. The summed E-state index contributed by atoms with van der Waals surface area (Å²) >= 11 is 3.16. The molecule has 1 aliphatic heterocycles. The van der Waals surface area contributed by atoms with Crippen molar-refractivity contribution in [3.63, 3.8) is 0 Å². The van der Waals surface area contributed by atoms with Gasteiger partial charge in [0.2, 0.25) is 15.9 Å². The SMILES string of the molecule is COc1ccc(/C=C/C(=O)Nc2ccc(Br)cc2F)cc1S(=O)(=O)N1CCCCC1. The summed E-state index contributed by atoms with van der Waals surface area (Å²) in [5.74, 6) is -0.850. The average Bonchev–Trinajstić information content (AvgIpc) is 2.74. The van der Waals surface area contributed by atoms with E-state index in [0.717, 1.165) is 19.3 Å². The van der Waals surface area contributed by atoms with Gasteiger partial charge in [-0.15, -0.1) is 0 Å². The lowest BCUT2D eigenvalue weighted by atomic mass is 10.2. The molecular formula is C21H22BrFN2O4S. The highest BCUT2D eigenvalue weighted by Crippen LogP contribution is 2.30. The number of benzene rings is 2. The van der Waals surface area contributed by atoms with Crippen molar-refractivity contribution in [2.45, 2.75) is 24.2 Å². The highest BCUT2D eigenvalue weighted by molar-refractivity contribution is 9.10. The van der Waals surface area contributed by atoms with Crippen LogP contribution in [-0.4, -0.2) is 38.8 Å². The molecule has 30 heavy (non-hydrogen) atoms. The zero-order valence-electron chi connectivity index (χ0n) is 16.4. The molecule has 1 fully saturated rings. The van der Waals surface area contributed by atoms with Gasteiger partial charge in [-0.2, -0.15) is 4.31 Å².